The molecule has 1 saturated heterocycles. The molecule has 3 fully saturated rings. The first kappa shape index (κ1) is 28.6. The predicted octanol–water partition coefficient (Wildman–Crippen LogP) is 7.35. The van der Waals surface area contributed by atoms with Gasteiger partial charge < -0.3 is 20.3 Å². The Morgan fingerprint density at radius 1 is 1.19 bits per heavy atom. The summed E-state index contributed by atoms with van der Waals surface area (Å²) in [7, 11) is 0. The molecule has 0 bridgehead atoms. The Morgan fingerprint density at radius 2 is 2.05 bits per heavy atom. The number of esters is 2. The number of carbonyl (C=O) groups excluding carboxylic acids is 2. The maximum atomic E-state index is 14.2. The smallest absolute Gasteiger partial charge is 0.339 e. The number of aliphatic hydroxyl groups is 1. The van der Waals surface area contributed by atoms with Crippen LogP contribution in [0.3, 0.4) is 0 Å². The number of benzene rings is 1. The average Bonchev–Trinajstić information content (AvgIpc) is 3.67. The number of carbonyl (C=O) groups is 2. The van der Waals surface area contributed by atoms with Gasteiger partial charge in [0.2, 0.25) is 0 Å². The van der Waals surface area contributed by atoms with E-state index in [2.05, 4.69) is 44.2 Å². The maximum Gasteiger partial charge on any atom is 0.339 e. The van der Waals surface area contributed by atoms with E-state index in [1.807, 2.05) is 24.3 Å². The van der Waals surface area contributed by atoms with Crippen LogP contribution in [-0.4, -0.2) is 23.6 Å². The molecule has 7 rings (SSSR count). The number of ether oxygens (including phenoxy) is 2. The van der Waals surface area contributed by atoms with Gasteiger partial charge in [0.15, 0.2) is 11.4 Å². The number of aryl methyl sites for hydroxylation is 1. The molecule has 6 heteroatoms. The van der Waals surface area contributed by atoms with Gasteiger partial charge in [0, 0.05) is 17.9 Å². The van der Waals surface area contributed by atoms with Gasteiger partial charge in [-0.15, -0.1) is 0 Å². The van der Waals surface area contributed by atoms with E-state index in [0.29, 0.717) is 61.8 Å². The van der Waals surface area contributed by atoms with Crippen molar-refractivity contribution < 1.29 is 24.2 Å². The van der Waals surface area contributed by atoms with Gasteiger partial charge in [-0.3, -0.25) is 4.79 Å². The van der Waals surface area contributed by atoms with E-state index in [9.17, 15) is 14.7 Å². The fraction of sp³-hybridized carbons (Fsp3) is 0.568. The van der Waals surface area contributed by atoms with Crippen LogP contribution in [0.2, 0.25) is 0 Å². The molecule has 6 aliphatic rings. The number of hydrogen-bond donors (Lipinski definition) is 2. The summed E-state index contributed by atoms with van der Waals surface area (Å²) in [5.41, 5.74) is 5.25. The molecule has 2 heterocycles. The lowest BCUT2D eigenvalue weighted by molar-refractivity contribution is -0.273. The molecule has 0 radical (unpaired) electrons. The summed E-state index contributed by atoms with van der Waals surface area (Å²) in [5, 5.41) is 12.0. The fourth-order valence-electron chi connectivity index (χ4n) is 10.1. The number of hydrogen-bond acceptors (Lipinski definition) is 6. The first-order valence-corrected chi connectivity index (χ1v) is 16.6. The van der Waals surface area contributed by atoms with Crippen LogP contribution in [0.1, 0.15) is 99.5 Å². The Balaban J connectivity index is 1.38. The highest BCUT2D eigenvalue weighted by Gasteiger charge is 2.91. The first-order chi connectivity index (χ1) is 20.8. The van der Waals surface area contributed by atoms with E-state index < -0.39 is 16.4 Å². The second-order valence-corrected chi connectivity index (χ2v) is 14.0. The summed E-state index contributed by atoms with van der Waals surface area (Å²) < 4.78 is 13.0. The van der Waals surface area contributed by atoms with E-state index >= 15 is 0 Å². The van der Waals surface area contributed by atoms with Gasteiger partial charge in [-0.25, -0.2) is 4.79 Å². The predicted molar refractivity (Wildman–Crippen MR) is 165 cm³/mol. The van der Waals surface area contributed by atoms with Crippen molar-refractivity contribution in [1.29, 1.82) is 0 Å². The maximum absolute atomic E-state index is 14.2. The van der Waals surface area contributed by atoms with Crippen LogP contribution in [0.25, 0.3) is 0 Å². The summed E-state index contributed by atoms with van der Waals surface area (Å²) in [6.07, 6.45) is 22.1. The summed E-state index contributed by atoms with van der Waals surface area (Å²) in [6, 6.07) is 6.02. The quantitative estimate of drug-likeness (QED) is 0.179. The standard InChI is InChI=1S/C37H45NO5/c1-3-24(2)23-29-35-19-6-7-20-36(35,37(29)27-15-8-11-25(12-10-22-38)30(27)32(40)43-37)31(42-33(35)41)28(39)16-21-34-17-5-4-13-26(34)14-9-18-34/h4-6,8,11,13,15,17,19,24,26,29,39H,3,7,9-10,12,14,16,18,20-23,38H2,1-2H3/b31-28+/t24-,26-,29-,34+,35-,36+,37+/m0/s1. The highest BCUT2D eigenvalue weighted by molar-refractivity contribution is 5.99. The Hall–Kier alpha value is -3.12. The third-order valence-corrected chi connectivity index (χ3v) is 12.2. The van der Waals surface area contributed by atoms with Crippen molar-refractivity contribution in [3.8, 4) is 0 Å². The molecule has 7 atom stereocenters. The molecular weight excluding hydrogens is 538 g/mol. The zero-order valence-corrected chi connectivity index (χ0v) is 25.6. The Bertz CT molecular complexity index is 1470. The summed E-state index contributed by atoms with van der Waals surface area (Å²) in [4.78, 5) is 28.2. The molecule has 228 valence electrons. The van der Waals surface area contributed by atoms with E-state index in [1.165, 1.54) is 6.42 Å². The summed E-state index contributed by atoms with van der Waals surface area (Å²) >= 11 is 0. The summed E-state index contributed by atoms with van der Waals surface area (Å²) in [6.45, 7) is 4.89. The molecule has 4 aliphatic carbocycles. The van der Waals surface area contributed by atoms with Crippen LogP contribution < -0.4 is 5.73 Å². The van der Waals surface area contributed by atoms with Gasteiger partial charge in [-0.05, 0) is 80.7 Å². The number of rotatable bonds is 9. The molecule has 0 unspecified atom stereocenters. The van der Waals surface area contributed by atoms with Crippen molar-refractivity contribution >= 4 is 11.9 Å². The van der Waals surface area contributed by atoms with E-state index in [4.69, 9.17) is 15.2 Å². The Kier molecular flexibility index (Phi) is 6.81. The molecular formula is C37H45NO5. The van der Waals surface area contributed by atoms with Gasteiger partial charge in [0.1, 0.15) is 11.2 Å². The van der Waals surface area contributed by atoms with Crippen LogP contribution in [0, 0.1) is 34.0 Å². The molecule has 0 aromatic heterocycles. The SMILES string of the molecule is CC[C@H](C)C[C@@H]1[C@@]2(OC(=O)c3c(CCCN)cccc32)[C@@]23CCC=C[C@@]12C(=O)O/C3=C(/O)CC[C@]12C=CC=C[C@H]1CCC2. The van der Waals surface area contributed by atoms with Crippen molar-refractivity contribution in [2.75, 3.05) is 6.54 Å². The lowest BCUT2D eigenvalue weighted by atomic mass is 9.31. The third kappa shape index (κ3) is 3.56. The van der Waals surface area contributed by atoms with Crippen LogP contribution >= 0.6 is 0 Å². The van der Waals surface area contributed by atoms with E-state index in [0.717, 1.165) is 43.2 Å². The minimum Gasteiger partial charge on any atom is -0.509 e. The second kappa shape index (κ2) is 10.2. The van der Waals surface area contributed by atoms with E-state index in [-0.39, 0.29) is 29.0 Å². The lowest BCUT2D eigenvalue weighted by Gasteiger charge is -2.68. The third-order valence-electron chi connectivity index (χ3n) is 12.2. The van der Waals surface area contributed by atoms with Crippen molar-refractivity contribution in [3.05, 3.63) is 82.9 Å². The minimum absolute atomic E-state index is 0.0217. The van der Waals surface area contributed by atoms with Gasteiger partial charge in [-0.1, -0.05) is 81.3 Å². The van der Waals surface area contributed by atoms with Crippen LogP contribution in [0.5, 0.6) is 0 Å². The first-order valence-electron chi connectivity index (χ1n) is 16.6. The molecule has 1 aromatic carbocycles. The molecule has 2 aliphatic heterocycles. The number of aliphatic hydroxyl groups excluding tert-OH is 1. The number of fused-ring (bicyclic) bond motifs is 3. The van der Waals surface area contributed by atoms with Gasteiger partial charge in [0.25, 0.3) is 0 Å². The molecule has 3 N–H and O–H groups in total. The highest BCUT2D eigenvalue weighted by atomic mass is 16.6. The van der Waals surface area contributed by atoms with Gasteiger partial charge in [0.05, 0.1) is 11.0 Å². The van der Waals surface area contributed by atoms with Crippen LogP contribution in [-0.2, 0) is 26.3 Å². The molecule has 6 nitrogen and oxygen atoms in total. The van der Waals surface area contributed by atoms with Crippen molar-refractivity contribution in [2.45, 2.75) is 90.1 Å². The van der Waals surface area contributed by atoms with Crippen LogP contribution in [0.4, 0.5) is 0 Å². The second-order valence-electron chi connectivity index (χ2n) is 14.0. The number of allylic oxidation sites excluding steroid dienone is 6. The Morgan fingerprint density at radius 3 is 2.86 bits per heavy atom. The molecule has 1 spiro atoms. The van der Waals surface area contributed by atoms with Crippen LogP contribution in [0.15, 0.2) is 66.2 Å². The number of nitrogens with two attached hydrogens (primary N) is 1. The van der Waals surface area contributed by atoms with Crippen molar-refractivity contribution in [1.82, 2.24) is 0 Å². The fourth-order valence-corrected chi connectivity index (χ4v) is 10.1. The molecule has 43 heavy (non-hydrogen) atoms. The minimum atomic E-state index is -1.08. The van der Waals surface area contributed by atoms with E-state index in [1.54, 1.807) is 0 Å². The largest absolute Gasteiger partial charge is 0.509 e. The average molecular weight is 584 g/mol. The zero-order valence-electron chi connectivity index (χ0n) is 25.6. The number of cyclic esters (lactones) is 1. The van der Waals surface area contributed by atoms with Gasteiger partial charge >= 0.3 is 11.9 Å². The van der Waals surface area contributed by atoms with Crippen molar-refractivity contribution in [3.63, 3.8) is 0 Å². The Labute approximate surface area is 255 Å². The summed E-state index contributed by atoms with van der Waals surface area (Å²) in [5.74, 6) is 0.329. The molecule has 0 amide bonds. The van der Waals surface area contributed by atoms with Gasteiger partial charge in [-0.2, -0.15) is 0 Å². The zero-order chi connectivity index (χ0) is 30.0. The van der Waals surface area contributed by atoms with Crippen molar-refractivity contribution in [2.24, 2.45) is 39.7 Å². The highest BCUT2D eigenvalue weighted by Crippen LogP contribution is 2.84. The normalized spacial score (nSPS) is 38.2. The molecule has 2 saturated carbocycles. The monoisotopic (exact) mass is 583 g/mol. The lowest BCUT2D eigenvalue weighted by Crippen LogP contribution is -2.75. The molecule has 1 aromatic rings. The topological polar surface area (TPSA) is 98.9 Å².